The van der Waals surface area contributed by atoms with E-state index < -0.39 is 23.6 Å². The van der Waals surface area contributed by atoms with Crippen molar-refractivity contribution in [1.82, 2.24) is 19.7 Å². The van der Waals surface area contributed by atoms with Gasteiger partial charge >= 0.3 is 12.4 Å². The van der Waals surface area contributed by atoms with E-state index in [4.69, 9.17) is 11.2 Å². The fourth-order valence-electron chi connectivity index (χ4n) is 2.46. The predicted molar refractivity (Wildman–Crippen MR) is 93.3 cm³/mol. The maximum atomic E-state index is 12.9. The van der Waals surface area contributed by atoms with Crippen LogP contribution in [0.25, 0.3) is 11.4 Å². The van der Waals surface area contributed by atoms with Gasteiger partial charge in [-0.3, -0.25) is 0 Å². The molecule has 11 heteroatoms. The first-order chi connectivity index (χ1) is 14.0. The van der Waals surface area contributed by atoms with Gasteiger partial charge in [-0.25, -0.2) is 9.67 Å². The van der Waals surface area contributed by atoms with Crippen LogP contribution in [-0.2, 0) is 18.9 Å². The second-order valence-electron chi connectivity index (χ2n) is 6.08. The minimum Gasteiger partial charge on any atom is -0.421 e. The molecule has 1 aromatic carbocycles. The number of alkyl halides is 6. The summed E-state index contributed by atoms with van der Waals surface area (Å²) in [5.74, 6) is 1.79. The van der Waals surface area contributed by atoms with Crippen LogP contribution in [0, 0.1) is 19.3 Å². The Morgan fingerprint density at radius 3 is 2.23 bits per heavy atom. The van der Waals surface area contributed by atoms with E-state index in [1.807, 2.05) is 0 Å². The molecule has 2 aromatic heterocycles. The van der Waals surface area contributed by atoms with Gasteiger partial charge in [0.25, 0.3) is 0 Å². The average molecular weight is 426 g/mol. The van der Waals surface area contributed by atoms with Crippen LogP contribution in [0.2, 0.25) is 0 Å². The van der Waals surface area contributed by atoms with Crippen LogP contribution in [0.3, 0.4) is 0 Å². The molecule has 0 fully saturated rings. The molecule has 3 rings (SSSR count). The van der Waals surface area contributed by atoms with Crippen LogP contribution in [0.1, 0.15) is 17.0 Å². The Morgan fingerprint density at radius 1 is 1.00 bits per heavy atom. The highest BCUT2D eigenvalue weighted by Crippen LogP contribution is 2.33. The highest BCUT2D eigenvalue weighted by Gasteiger charge is 2.35. The lowest BCUT2D eigenvalue weighted by Gasteiger charge is -2.10. The van der Waals surface area contributed by atoms with Crippen LogP contribution in [0.4, 0.5) is 26.3 Å². The lowest BCUT2D eigenvalue weighted by molar-refractivity contribution is -0.141. The first-order valence-electron chi connectivity index (χ1n) is 8.27. The van der Waals surface area contributed by atoms with E-state index in [2.05, 4.69) is 21.0 Å². The number of hydrogen-bond donors (Lipinski definition) is 0. The SMILES string of the molecule is C#CCn1nc(C(F)(F)F)cc1Oc1cc(C)nc(-c2ccc(C(F)(F)F)cc2)n1. The van der Waals surface area contributed by atoms with Gasteiger partial charge < -0.3 is 4.74 Å². The molecule has 0 aliphatic carbocycles. The maximum Gasteiger partial charge on any atom is 0.435 e. The Morgan fingerprint density at radius 2 is 1.67 bits per heavy atom. The maximum absolute atomic E-state index is 12.9. The van der Waals surface area contributed by atoms with Gasteiger partial charge in [-0.1, -0.05) is 18.1 Å². The van der Waals surface area contributed by atoms with Gasteiger partial charge in [0.15, 0.2) is 11.5 Å². The molecule has 0 amide bonds. The van der Waals surface area contributed by atoms with Crippen molar-refractivity contribution in [2.24, 2.45) is 0 Å². The summed E-state index contributed by atoms with van der Waals surface area (Å²) in [7, 11) is 0. The second kappa shape index (κ2) is 7.70. The molecule has 0 atom stereocenters. The lowest BCUT2D eigenvalue weighted by Crippen LogP contribution is -2.08. The average Bonchev–Trinajstić information content (AvgIpc) is 3.04. The van der Waals surface area contributed by atoms with Gasteiger partial charge in [-0.05, 0) is 19.1 Å². The number of benzene rings is 1. The Bertz CT molecular complexity index is 1090. The molecule has 0 saturated carbocycles. The molecule has 0 bridgehead atoms. The molecule has 0 aliphatic heterocycles. The molecule has 0 N–H and O–H groups in total. The van der Waals surface area contributed by atoms with Crippen LogP contribution < -0.4 is 4.74 Å². The van der Waals surface area contributed by atoms with Crippen LogP contribution in [-0.4, -0.2) is 19.7 Å². The van der Waals surface area contributed by atoms with E-state index >= 15 is 0 Å². The first kappa shape index (κ1) is 21.2. The van der Waals surface area contributed by atoms with Crippen molar-refractivity contribution in [2.45, 2.75) is 25.8 Å². The molecule has 2 heterocycles. The third-order valence-electron chi connectivity index (χ3n) is 3.78. The molecule has 3 aromatic rings. The fourth-order valence-corrected chi connectivity index (χ4v) is 2.46. The lowest BCUT2D eigenvalue weighted by atomic mass is 10.1. The largest absolute Gasteiger partial charge is 0.435 e. The smallest absolute Gasteiger partial charge is 0.421 e. The summed E-state index contributed by atoms with van der Waals surface area (Å²) >= 11 is 0. The first-order valence-corrected chi connectivity index (χ1v) is 8.27. The minimum atomic E-state index is -4.70. The van der Waals surface area contributed by atoms with E-state index in [1.165, 1.54) is 18.2 Å². The summed E-state index contributed by atoms with van der Waals surface area (Å²) < 4.78 is 83.3. The summed E-state index contributed by atoms with van der Waals surface area (Å²) in [6, 6.07) is 6.15. The van der Waals surface area contributed by atoms with Crippen molar-refractivity contribution < 1.29 is 31.1 Å². The summed E-state index contributed by atoms with van der Waals surface area (Å²) in [6.07, 6.45) is -4.04. The van der Waals surface area contributed by atoms with Crippen molar-refractivity contribution in [1.29, 1.82) is 0 Å². The third-order valence-corrected chi connectivity index (χ3v) is 3.78. The molecule has 0 spiro atoms. The highest BCUT2D eigenvalue weighted by atomic mass is 19.4. The van der Waals surface area contributed by atoms with E-state index in [0.717, 1.165) is 16.8 Å². The molecule has 5 nitrogen and oxygen atoms in total. The number of terminal acetylenes is 1. The van der Waals surface area contributed by atoms with E-state index in [0.29, 0.717) is 11.8 Å². The van der Waals surface area contributed by atoms with Gasteiger partial charge in [0, 0.05) is 23.4 Å². The zero-order chi connectivity index (χ0) is 22.1. The van der Waals surface area contributed by atoms with Crippen molar-refractivity contribution in [2.75, 3.05) is 0 Å². The quantitative estimate of drug-likeness (QED) is 0.430. The Hall–Kier alpha value is -3.55. The van der Waals surface area contributed by atoms with E-state index in [9.17, 15) is 26.3 Å². The second-order valence-corrected chi connectivity index (χ2v) is 6.08. The highest BCUT2D eigenvalue weighted by molar-refractivity contribution is 5.56. The number of rotatable bonds is 4. The minimum absolute atomic E-state index is 0.0396. The molecule has 0 aliphatic rings. The topological polar surface area (TPSA) is 52.8 Å². The van der Waals surface area contributed by atoms with Crippen LogP contribution >= 0.6 is 0 Å². The zero-order valence-corrected chi connectivity index (χ0v) is 15.2. The number of hydrogen-bond acceptors (Lipinski definition) is 4. The van der Waals surface area contributed by atoms with Gasteiger partial charge in [0.05, 0.1) is 5.56 Å². The number of nitrogens with zero attached hydrogens (tertiary/aromatic N) is 4. The molecule has 30 heavy (non-hydrogen) atoms. The van der Waals surface area contributed by atoms with Gasteiger partial charge in [-0.2, -0.15) is 36.4 Å². The van der Waals surface area contributed by atoms with Crippen LogP contribution in [0.5, 0.6) is 11.8 Å². The summed E-state index contributed by atoms with van der Waals surface area (Å²) in [5.41, 5.74) is -1.38. The number of aromatic nitrogens is 4. The van der Waals surface area contributed by atoms with Gasteiger partial charge in [0.2, 0.25) is 11.8 Å². The van der Waals surface area contributed by atoms with Crippen LogP contribution in [0.15, 0.2) is 36.4 Å². The van der Waals surface area contributed by atoms with Crippen molar-refractivity contribution in [3.8, 4) is 35.5 Å². The predicted octanol–water partition coefficient (Wildman–Crippen LogP) is 5.11. The molecule has 0 unspecified atom stereocenters. The summed E-state index contributed by atoms with van der Waals surface area (Å²) in [4.78, 5) is 8.21. The number of halogens is 6. The normalized spacial score (nSPS) is 11.9. The molecule has 0 radical (unpaired) electrons. The Balaban J connectivity index is 1.95. The van der Waals surface area contributed by atoms with E-state index in [1.54, 1.807) is 6.92 Å². The molecular formula is C19H12F6N4O. The van der Waals surface area contributed by atoms with Gasteiger partial charge in [0.1, 0.15) is 6.54 Å². The Kier molecular flexibility index (Phi) is 5.43. The molecular weight excluding hydrogens is 414 g/mol. The van der Waals surface area contributed by atoms with Crippen molar-refractivity contribution in [3.63, 3.8) is 0 Å². The van der Waals surface area contributed by atoms with E-state index in [-0.39, 0.29) is 29.7 Å². The molecule has 0 saturated heterocycles. The zero-order valence-electron chi connectivity index (χ0n) is 15.2. The number of aryl methyl sites for hydroxylation is 1. The van der Waals surface area contributed by atoms with Crippen molar-refractivity contribution in [3.05, 3.63) is 53.3 Å². The van der Waals surface area contributed by atoms with Gasteiger partial charge in [-0.15, -0.1) is 6.42 Å². The Labute approximate surface area is 166 Å². The third kappa shape index (κ3) is 4.71. The molecule has 156 valence electrons. The summed E-state index contributed by atoms with van der Waals surface area (Å²) in [5, 5.41) is 3.38. The summed E-state index contributed by atoms with van der Waals surface area (Å²) in [6.45, 7) is 1.29. The fraction of sp³-hybridized carbons (Fsp3) is 0.211. The monoisotopic (exact) mass is 426 g/mol. The standard InChI is InChI=1S/C19H12F6N4O/c1-3-8-29-16(10-14(28-29)19(23,24)25)30-15-9-11(2)26-17(27-15)12-4-6-13(7-5-12)18(20,21)22/h1,4-7,9-10H,8H2,2H3. The number of ether oxygens (including phenoxy) is 1. The van der Waals surface area contributed by atoms with Crippen molar-refractivity contribution >= 4 is 0 Å².